The number of allylic oxidation sites excluding steroid dienone is 1. The number of nitrogens with two attached hydrogens (primary N) is 1. The summed E-state index contributed by atoms with van der Waals surface area (Å²) in [6, 6.07) is 7.95. The molecule has 2 heterocycles. The van der Waals surface area contributed by atoms with E-state index in [-0.39, 0.29) is 18.1 Å². The van der Waals surface area contributed by atoms with E-state index in [1.165, 1.54) is 11.1 Å². The summed E-state index contributed by atoms with van der Waals surface area (Å²) in [5.74, 6) is 1.22. The molecule has 176 valence electrons. The highest BCUT2D eigenvalue weighted by Gasteiger charge is 2.34. The van der Waals surface area contributed by atoms with Crippen LogP contribution in [0.15, 0.2) is 39.1 Å². The van der Waals surface area contributed by atoms with Crippen LogP contribution in [0.4, 0.5) is 5.69 Å². The van der Waals surface area contributed by atoms with E-state index >= 15 is 0 Å². The Morgan fingerprint density at radius 2 is 1.84 bits per heavy atom. The first-order chi connectivity index (χ1) is 15.0. The van der Waals surface area contributed by atoms with Gasteiger partial charge in [-0.2, -0.15) is 0 Å². The van der Waals surface area contributed by atoms with Gasteiger partial charge >= 0.3 is 0 Å². The highest BCUT2D eigenvalue weighted by Crippen LogP contribution is 2.48. The molecule has 1 aliphatic heterocycles. The van der Waals surface area contributed by atoms with Gasteiger partial charge in [-0.05, 0) is 53.5 Å². The van der Waals surface area contributed by atoms with Crippen molar-refractivity contribution in [2.24, 2.45) is 5.92 Å². The maximum atomic E-state index is 11.2. The van der Waals surface area contributed by atoms with Gasteiger partial charge in [0.25, 0.3) is 0 Å². The molecular formula is C26H37NO3S2. The maximum Gasteiger partial charge on any atom is 0.109 e. The fourth-order valence-corrected chi connectivity index (χ4v) is 7.27. The number of aliphatic hydroxyl groups excluding tert-OH is 2. The van der Waals surface area contributed by atoms with Gasteiger partial charge in [-0.3, -0.25) is 0 Å². The average Bonchev–Trinajstić information content (AvgIpc) is 3.04. The normalized spacial score (nSPS) is 19.5. The second-order valence-corrected chi connectivity index (χ2v) is 12.5. The predicted octanol–water partition coefficient (Wildman–Crippen LogP) is 6.17. The van der Waals surface area contributed by atoms with Crippen LogP contribution in [-0.4, -0.2) is 22.4 Å². The molecule has 2 atom stereocenters. The summed E-state index contributed by atoms with van der Waals surface area (Å²) < 4.78 is 7.61. The summed E-state index contributed by atoms with van der Waals surface area (Å²) in [5, 5.41) is 21.2. The number of ether oxygens (including phenoxy) is 1. The second kappa shape index (κ2) is 10.2. The Morgan fingerprint density at radius 1 is 1.19 bits per heavy atom. The molecule has 0 radical (unpaired) electrons. The molecule has 1 aliphatic rings. The fourth-order valence-electron chi connectivity index (χ4n) is 4.13. The van der Waals surface area contributed by atoms with Gasteiger partial charge in [-0.25, -0.2) is 0 Å². The molecule has 0 saturated heterocycles. The van der Waals surface area contributed by atoms with E-state index in [0.717, 1.165) is 43.8 Å². The minimum atomic E-state index is -0.546. The lowest BCUT2D eigenvalue weighted by atomic mass is 9.86. The molecule has 1 aromatic heterocycles. The highest BCUT2D eigenvalue weighted by atomic mass is 32.2. The van der Waals surface area contributed by atoms with Crippen LogP contribution in [0, 0.1) is 12.8 Å². The van der Waals surface area contributed by atoms with Crippen LogP contribution in [0.2, 0.25) is 0 Å². The average molecular weight is 476 g/mol. The van der Waals surface area contributed by atoms with E-state index in [4.69, 9.17) is 10.5 Å². The molecule has 2 unspecified atom stereocenters. The van der Waals surface area contributed by atoms with Gasteiger partial charge in [0.15, 0.2) is 0 Å². The third kappa shape index (κ3) is 5.71. The number of hydrogen-bond donors (Lipinski definition) is 3. The van der Waals surface area contributed by atoms with E-state index in [1.807, 2.05) is 12.1 Å². The molecule has 0 bridgehead atoms. The molecule has 2 aromatic rings. The number of thioether (sulfide) groups is 1. The Hall–Kier alpha value is -1.47. The summed E-state index contributed by atoms with van der Waals surface area (Å²) >= 11 is 3.33. The summed E-state index contributed by atoms with van der Waals surface area (Å²) in [7, 11) is 0. The number of anilines is 1. The first-order valence-corrected chi connectivity index (χ1v) is 13.0. The Labute approximate surface area is 200 Å². The van der Waals surface area contributed by atoms with Gasteiger partial charge in [-0.1, -0.05) is 58.5 Å². The van der Waals surface area contributed by atoms with E-state index in [9.17, 15) is 10.2 Å². The zero-order chi connectivity index (χ0) is 23.6. The first kappa shape index (κ1) is 25.2. The lowest BCUT2D eigenvalue weighted by Gasteiger charge is -2.34. The van der Waals surface area contributed by atoms with Crippen LogP contribution in [0.1, 0.15) is 69.0 Å². The van der Waals surface area contributed by atoms with E-state index < -0.39 is 6.10 Å². The Bertz CT molecular complexity index is 955. The first-order valence-electron chi connectivity index (χ1n) is 11.3. The molecule has 1 aromatic carbocycles. The number of rotatable bonds is 7. The smallest absolute Gasteiger partial charge is 0.109 e. The Kier molecular flexibility index (Phi) is 8.02. The summed E-state index contributed by atoms with van der Waals surface area (Å²) in [6.07, 6.45) is 1.63. The van der Waals surface area contributed by atoms with Crippen LogP contribution in [0.3, 0.4) is 0 Å². The van der Waals surface area contributed by atoms with E-state index in [2.05, 4.69) is 53.7 Å². The monoisotopic (exact) mass is 475 g/mol. The van der Waals surface area contributed by atoms with Crippen LogP contribution in [0.5, 0.6) is 0 Å². The number of benzene rings is 1. The van der Waals surface area contributed by atoms with Crippen LogP contribution >= 0.6 is 23.1 Å². The quantitative estimate of drug-likeness (QED) is 0.418. The fraction of sp³-hybridized carbons (Fsp3) is 0.538. The van der Waals surface area contributed by atoms with Crippen molar-refractivity contribution in [2.75, 3.05) is 5.73 Å². The highest BCUT2D eigenvalue weighted by molar-refractivity contribution is 8.04. The zero-order valence-electron chi connectivity index (χ0n) is 20.1. The molecule has 32 heavy (non-hydrogen) atoms. The maximum absolute atomic E-state index is 11.2. The molecule has 0 amide bonds. The zero-order valence-corrected chi connectivity index (χ0v) is 21.7. The molecule has 4 nitrogen and oxygen atoms in total. The third-order valence-corrected chi connectivity index (χ3v) is 8.53. The van der Waals surface area contributed by atoms with Crippen molar-refractivity contribution in [3.05, 3.63) is 56.5 Å². The largest absolute Gasteiger partial charge is 0.493 e. The minimum Gasteiger partial charge on any atom is -0.493 e. The number of aryl methyl sites for hydroxylation is 2. The number of thiophene rings is 1. The standard InChI is InChI=1S/C26H37NO3S2/c1-15(2)22-13-20(29)24(21(30-22)12-9-17-7-10-18(27)11-8-17)32-25-23(26(4,5)6)19(14-28)16(3)31-25/h7-8,10-11,15,20,22,28-29H,9,12-14,27H2,1-6H3. The van der Waals surface area contributed by atoms with Gasteiger partial charge in [-0.15, -0.1) is 11.3 Å². The van der Waals surface area contributed by atoms with Crippen molar-refractivity contribution in [3.8, 4) is 0 Å². The van der Waals surface area contributed by atoms with Gasteiger partial charge in [0.1, 0.15) is 11.9 Å². The van der Waals surface area contributed by atoms with Crippen molar-refractivity contribution >= 4 is 28.8 Å². The molecule has 3 rings (SSSR count). The van der Waals surface area contributed by atoms with Crippen molar-refractivity contribution in [1.29, 1.82) is 0 Å². The minimum absolute atomic E-state index is 0.0101. The van der Waals surface area contributed by atoms with E-state index in [0.29, 0.717) is 12.3 Å². The molecule has 0 fully saturated rings. The van der Waals surface area contributed by atoms with Crippen molar-refractivity contribution < 1.29 is 14.9 Å². The van der Waals surface area contributed by atoms with E-state index in [1.54, 1.807) is 23.1 Å². The molecule has 0 spiro atoms. The van der Waals surface area contributed by atoms with Crippen LogP contribution in [-0.2, 0) is 23.2 Å². The lowest BCUT2D eigenvalue weighted by molar-refractivity contribution is 0.0107. The second-order valence-electron chi connectivity index (χ2n) is 9.99. The SMILES string of the molecule is Cc1sc(SC2=C(CCc3ccc(N)cc3)OC(C(C)C)CC2O)c(C(C)(C)C)c1CO. The molecule has 0 aliphatic carbocycles. The van der Waals surface area contributed by atoms with Gasteiger partial charge < -0.3 is 20.7 Å². The number of hydrogen-bond acceptors (Lipinski definition) is 6. The predicted molar refractivity (Wildman–Crippen MR) is 136 cm³/mol. The molecule has 0 saturated carbocycles. The van der Waals surface area contributed by atoms with Crippen molar-refractivity contribution in [3.63, 3.8) is 0 Å². The third-order valence-electron chi connectivity index (χ3n) is 5.98. The van der Waals surface area contributed by atoms with Crippen molar-refractivity contribution in [1.82, 2.24) is 0 Å². The Morgan fingerprint density at radius 3 is 2.41 bits per heavy atom. The topological polar surface area (TPSA) is 75.7 Å². The van der Waals surface area contributed by atoms with Gasteiger partial charge in [0.05, 0.1) is 21.8 Å². The molecule has 4 N–H and O–H groups in total. The summed E-state index contributed by atoms with van der Waals surface area (Å²) in [5.41, 5.74) is 9.88. The lowest BCUT2D eigenvalue weighted by Crippen LogP contribution is -2.32. The summed E-state index contributed by atoms with van der Waals surface area (Å²) in [4.78, 5) is 2.05. The van der Waals surface area contributed by atoms with Crippen LogP contribution in [0.25, 0.3) is 0 Å². The Balaban J connectivity index is 1.97. The van der Waals surface area contributed by atoms with Gasteiger partial charge in [0.2, 0.25) is 0 Å². The van der Waals surface area contributed by atoms with Gasteiger partial charge in [0, 0.05) is 23.4 Å². The number of aliphatic hydroxyl groups is 2. The molecule has 6 heteroatoms. The van der Waals surface area contributed by atoms with Crippen LogP contribution < -0.4 is 5.73 Å². The summed E-state index contributed by atoms with van der Waals surface area (Å²) in [6.45, 7) is 12.9. The number of nitrogen functional groups attached to an aromatic ring is 1. The molecular weight excluding hydrogens is 438 g/mol. The van der Waals surface area contributed by atoms with Crippen molar-refractivity contribution in [2.45, 2.75) is 89.2 Å².